The molecule has 0 aliphatic rings. The number of hydrogen-bond donors (Lipinski definition) is 1. The van der Waals surface area contributed by atoms with Gasteiger partial charge in [-0.25, -0.2) is 0 Å². The van der Waals surface area contributed by atoms with Crippen LogP contribution in [0.2, 0.25) is 10.0 Å². The lowest BCUT2D eigenvalue weighted by atomic mass is 9.96. The molecule has 20 heavy (non-hydrogen) atoms. The Morgan fingerprint density at radius 3 is 2.20 bits per heavy atom. The van der Waals surface area contributed by atoms with Crippen molar-refractivity contribution in [2.75, 3.05) is 0 Å². The van der Waals surface area contributed by atoms with Gasteiger partial charge in [0.05, 0.1) is 0 Å². The number of hydrogen-bond acceptors (Lipinski definition) is 2. The molecule has 0 aromatic heterocycles. The molecule has 0 radical (unpaired) electrons. The van der Waals surface area contributed by atoms with E-state index in [-0.39, 0.29) is 0 Å². The van der Waals surface area contributed by atoms with E-state index in [9.17, 15) is 9.59 Å². The van der Waals surface area contributed by atoms with Crippen LogP contribution in [0.25, 0.3) is 11.1 Å². The van der Waals surface area contributed by atoms with Crippen molar-refractivity contribution in [3.63, 3.8) is 0 Å². The van der Waals surface area contributed by atoms with Crippen LogP contribution in [-0.2, 0) is 4.79 Å². The summed E-state index contributed by atoms with van der Waals surface area (Å²) in [6.07, 6.45) is -0.550. The quantitative estimate of drug-likeness (QED) is 0.676. The molecule has 0 saturated carbocycles. The molecule has 0 fully saturated rings. The fraction of sp³-hybridized carbons (Fsp3) is 0.0667. The predicted molar refractivity (Wildman–Crippen MR) is 78.5 cm³/mol. The van der Waals surface area contributed by atoms with Gasteiger partial charge in [-0.1, -0.05) is 47.5 Å². The monoisotopic (exact) mass is 308 g/mol. The van der Waals surface area contributed by atoms with Gasteiger partial charge < -0.3 is 5.11 Å². The van der Waals surface area contributed by atoms with E-state index in [0.29, 0.717) is 26.7 Å². The SMILES string of the molecule is O=C(O)CC(=O)c1ccccc1-c1cc(Cl)cc(Cl)c1. The summed E-state index contributed by atoms with van der Waals surface area (Å²) in [4.78, 5) is 22.6. The number of aliphatic carboxylic acids is 1. The zero-order valence-corrected chi connectivity index (χ0v) is 11.8. The van der Waals surface area contributed by atoms with Crippen molar-refractivity contribution < 1.29 is 14.7 Å². The number of Topliss-reactive ketones (excluding diaryl/α,β-unsaturated/α-hetero) is 1. The molecular weight excluding hydrogens is 299 g/mol. The molecule has 0 heterocycles. The average molecular weight is 309 g/mol. The fourth-order valence-electron chi connectivity index (χ4n) is 1.92. The van der Waals surface area contributed by atoms with Crippen LogP contribution in [0.5, 0.6) is 0 Å². The number of ketones is 1. The van der Waals surface area contributed by atoms with Gasteiger partial charge in [0.25, 0.3) is 0 Å². The molecule has 1 N–H and O–H groups in total. The number of benzene rings is 2. The van der Waals surface area contributed by atoms with E-state index in [2.05, 4.69) is 0 Å². The van der Waals surface area contributed by atoms with Crippen LogP contribution in [0.1, 0.15) is 16.8 Å². The number of carboxylic acid groups (broad SMARTS) is 1. The molecule has 3 nitrogen and oxygen atoms in total. The minimum Gasteiger partial charge on any atom is -0.481 e. The number of halogens is 2. The molecule has 0 aliphatic carbocycles. The Morgan fingerprint density at radius 2 is 1.60 bits per heavy atom. The first kappa shape index (κ1) is 14.6. The van der Waals surface area contributed by atoms with Crippen molar-refractivity contribution >= 4 is 35.0 Å². The van der Waals surface area contributed by atoms with Crippen LogP contribution in [0.4, 0.5) is 0 Å². The van der Waals surface area contributed by atoms with Crippen LogP contribution >= 0.6 is 23.2 Å². The Morgan fingerprint density at radius 1 is 1.00 bits per heavy atom. The molecular formula is C15H10Cl2O3. The summed E-state index contributed by atoms with van der Waals surface area (Å²) in [5.41, 5.74) is 1.63. The highest BCUT2D eigenvalue weighted by Crippen LogP contribution is 2.30. The van der Waals surface area contributed by atoms with E-state index in [1.807, 2.05) is 0 Å². The van der Waals surface area contributed by atoms with Crippen molar-refractivity contribution in [2.24, 2.45) is 0 Å². The Labute approximate surface area is 125 Å². The van der Waals surface area contributed by atoms with Crippen molar-refractivity contribution in [3.05, 3.63) is 58.1 Å². The molecule has 2 rings (SSSR count). The van der Waals surface area contributed by atoms with E-state index in [1.165, 1.54) is 0 Å². The van der Waals surface area contributed by atoms with E-state index in [0.717, 1.165) is 0 Å². The van der Waals surface area contributed by atoms with Gasteiger partial charge in [-0.15, -0.1) is 0 Å². The Kier molecular flexibility index (Phi) is 4.42. The zero-order chi connectivity index (χ0) is 14.7. The first-order valence-corrected chi connectivity index (χ1v) is 6.53. The second-order valence-corrected chi connectivity index (χ2v) is 5.07. The lowest BCUT2D eigenvalue weighted by Crippen LogP contribution is -2.08. The molecule has 0 atom stereocenters. The predicted octanol–water partition coefficient (Wildman–Crippen LogP) is 4.32. The van der Waals surface area contributed by atoms with Gasteiger partial charge in [-0.05, 0) is 29.3 Å². The Balaban J connectivity index is 2.52. The smallest absolute Gasteiger partial charge is 0.311 e. The summed E-state index contributed by atoms with van der Waals surface area (Å²) in [5.74, 6) is -1.61. The second-order valence-electron chi connectivity index (χ2n) is 4.20. The Bertz CT molecular complexity index is 660. The van der Waals surface area contributed by atoms with E-state index in [4.69, 9.17) is 28.3 Å². The summed E-state index contributed by atoms with van der Waals surface area (Å²) >= 11 is 11.9. The van der Waals surface area contributed by atoms with Crippen LogP contribution in [-0.4, -0.2) is 16.9 Å². The first-order chi connectivity index (χ1) is 9.47. The summed E-state index contributed by atoms with van der Waals surface area (Å²) in [6.45, 7) is 0. The topological polar surface area (TPSA) is 54.4 Å². The molecule has 102 valence electrons. The van der Waals surface area contributed by atoms with E-state index < -0.39 is 18.2 Å². The highest BCUT2D eigenvalue weighted by atomic mass is 35.5. The largest absolute Gasteiger partial charge is 0.481 e. The molecule has 0 aliphatic heterocycles. The molecule has 0 bridgehead atoms. The van der Waals surface area contributed by atoms with Crippen molar-refractivity contribution in [2.45, 2.75) is 6.42 Å². The maximum atomic E-state index is 12.0. The highest BCUT2D eigenvalue weighted by molar-refractivity contribution is 6.35. The van der Waals surface area contributed by atoms with Gasteiger partial charge in [0.2, 0.25) is 0 Å². The molecule has 5 heteroatoms. The lowest BCUT2D eigenvalue weighted by Gasteiger charge is -2.09. The minimum atomic E-state index is -1.16. The molecule has 2 aromatic carbocycles. The lowest BCUT2D eigenvalue weighted by molar-refractivity contribution is -0.135. The van der Waals surface area contributed by atoms with Crippen LogP contribution in [0.15, 0.2) is 42.5 Å². The van der Waals surface area contributed by atoms with Crippen LogP contribution < -0.4 is 0 Å². The van der Waals surface area contributed by atoms with Gasteiger partial charge >= 0.3 is 5.97 Å². The van der Waals surface area contributed by atoms with Crippen LogP contribution in [0.3, 0.4) is 0 Å². The van der Waals surface area contributed by atoms with Crippen molar-refractivity contribution in [1.82, 2.24) is 0 Å². The van der Waals surface area contributed by atoms with Gasteiger partial charge in [-0.2, -0.15) is 0 Å². The van der Waals surface area contributed by atoms with Crippen LogP contribution in [0, 0.1) is 0 Å². The van der Waals surface area contributed by atoms with E-state index in [1.54, 1.807) is 42.5 Å². The highest BCUT2D eigenvalue weighted by Gasteiger charge is 2.15. The maximum absolute atomic E-state index is 12.0. The molecule has 0 spiro atoms. The van der Waals surface area contributed by atoms with Crippen molar-refractivity contribution in [3.8, 4) is 11.1 Å². The van der Waals surface area contributed by atoms with Crippen molar-refractivity contribution in [1.29, 1.82) is 0 Å². The number of carbonyl (C=O) groups excluding carboxylic acids is 1. The average Bonchev–Trinajstić information content (AvgIpc) is 2.36. The molecule has 0 amide bonds. The third kappa shape index (κ3) is 3.38. The standard InChI is InChI=1S/C15H10Cl2O3/c16-10-5-9(6-11(17)7-10)12-3-1-2-4-13(12)14(18)8-15(19)20/h1-7H,8H2,(H,19,20). The third-order valence-electron chi connectivity index (χ3n) is 2.71. The zero-order valence-electron chi connectivity index (χ0n) is 10.3. The molecule has 2 aromatic rings. The fourth-order valence-corrected chi connectivity index (χ4v) is 2.45. The minimum absolute atomic E-state index is 0.341. The Hall–Kier alpha value is -1.84. The molecule has 0 saturated heterocycles. The summed E-state index contributed by atoms with van der Waals surface area (Å²) in [7, 11) is 0. The normalized spacial score (nSPS) is 10.3. The van der Waals surface area contributed by atoms with E-state index >= 15 is 0 Å². The molecule has 0 unspecified atom stereocenters. The van der Waals surface area contributed by atoms with Gasteiger partial charge in [0, 0.05) is 15.6 Å². The third-order valence-corrected chi connectivity index (χ3v) is 3.15. The number of rotatable bonds is 4. The first-order valence-electron chi connectivity index (χ1n) is 5.78. The van der Waals surface area contributed by atoms with Gasteiger partial charge in [0.1, 0.15) is 6.42 Å². The number of carboxylic acids is 1. The maximum Gasteiger partial charge on any atom is 0.311 e. The summed E-state index contributed by atoms with van der Waals surface area (Å²) < 4.78 is 0. The number of carbonyl (C=O) groups is 2. The summed E-state index contributed by atoms with van der Waals surface area (Å²) in [5, 5.41) is 9.64. The second kappa shape index (κ2) is 6.07. The van der Waals surface area contributed by atoms with Gasteiger partial charge in [-0.3, -0.25) is 9.59 Å². The summed E-state index contributed by atoms with van der Waals surface area (Å²) in [6, 6.07) is 11.7. The van der Waals surface area contributed by atoms with Gasteiger partial charge in [0.15, 0.2) is 5.78 Å².